The molecule has 0 unspecified atom stereocenters. The fourth-order valence-electron chi connectivity index (χ4n) is 1.93. The van der Waals surface area contributed by atoms with Crippen LogP contribution in [0.4, 0.5) is 5.69 Å². The topological polar surface area (TPSA) is 56.0 Å². The highest BCUT2D eigenvalue weighted by atomic mass is 16.3. The molecule has 0 heterocycles. The van der Waals surface area contributed by atoms with Crippen LogP contribution in [0.5, 0.6) is 0 Å². The molecule has 0 aliphatic heterocycles. The highest BCUT2D eigenvalue weighted by Gasteiger charge is 2.33. The number of aryl methyl sites for hydroxylation is 1. The Kier molecular flexibility index (Phi) is 2.84. The lowest BCUT2D eigenvalue weighted by molar-refractivity contribution is -0.0201. The van der Waals surface area contributed by atoms with Crippen LogP contribution in [0.3, 0.4) is 0 Å². The Balaban J connectivity index is 2.00. The number of benzene rings is 1. The number of anilines is 1. The summed E-state index contributed by atoms with van der Waals surface area (Å²) in [6.07, 6.45) is 2.88. The summed E-state index contributed by atoms with van der Waals surface area (Å²) >= 11 is 0. The molecular weight excluding hydrogens is 200 g/mol. The fourth-order valence-corrected chi connectivity index (χ4v) is 1.93. The highest BCUT2D eigenvalue weighted by Crippen LogP contribution is 2.31. The molecule has 1 fully saturated rings. The molecule has 1 saturated carbocycles. The quantitative estimate of drug-likeness (QED) is 0.814. The van der Waals surface area contributed by atoms with E-state index in [2.05, 4.69) is 11.4 Å². The molecule has 0 atom stereocenters. The van der Waals surface area contributed by atoms with Crippen LogP contribution in [0.15, 0.2) is 18.2 Å². The van der Waals surface area contributed by atoms with Gasteiger partial charge in [-0.15, -0.1) is 0 Å². The number of nitriles is 1. The molecule has 16 heavy (non-hydrogen) atoms. The standard InChI is InChI=1S/C13H16N2O/c1-10-7-12(4-3-11(10)8-14)15-9-13(16)5-2-6-13/h3-4,7,15-16H,2,5-6,9H2,1H3. The summed E-state index contributed by atoms with van der Waals surface area (Å²) < 4.78 is 0. The van der Waals surface area contributed by atoms with Crippen molar-refractivity contribution < 1.29 is 5.11 Å². The van der Waals surface area contributed by atoms with Crippen LogP contribution in [0.2, 0.25) is 0 Å². The molecule has 0 amide bonds. The molecule has 84 valence electrons. The largest absolute Gasteiger partial charge is 0.388 e. The number of aliphatic hydroxyl groups is 1. The number of nitrogens with zero attached hydrogens (tertiary/aromatic N) is 1. The first-order valence-corrected chi connectivity index (χ1v) is 5.60. The van der Waals surface area contributed by atoms with Crippen molar-refractivity contribution >= 4 is 5.69 Å². The third kappa shape index (κ3) is 2.17. The van der Waals surface area contributed by atoms with Gasteiger partial charge in [-0.1, -0.05) is 0 Å². The lowest BCUT2D eigenvalue weighted by atomic mass is 9.80. The van der Waals surface area contributed by atoms with E-state index in [0.29, 0.717) is 12.1 Å². The molecule has 3 nitrogen and oxygen atoms in total. The van der Waals surface area contributed by atoms with Gasteiger partial charge in [-0.25, -0.2) is 0 Å². The van der Waals surface area contributed by atoms with E-state index in [1.807, 2.05) is 25.1 Å². The first-order chi connectivity index (χ1) is 7.63. The molecule has 2 N–H and O–H groups in total. The van der Waals surface area contributed by atoms with E-state index in [0.717, 1.165) is 30.5 Å². The predicted octanol–water partition coefficient (Wildman–Crippen LogP) is 2.19. The Hall–Kier alpha value is -1.53. The van der Waals surface area contributed by atoms with Gasteiger partial charge in [0, 0.05) is 12.2 Å². The maximum absolute atomic E-state index is 9.93. The zero-order valence-electron chi connectivity index (χ0n) is 9.45. The third-order valence-corrected chi connectivity index (χ3v) is 3.25. The van der Waals surface area contributed by atoms with E-state index in [-0.39, 0.29) is 0 Å². The van der Waals surface area contributed by atoms with Crippen LogP contribution < -0.4 is 5.32 Å². The van der Waals surface area contributed by atoms with Crippen molar-refractivity contribution in [2.24, 2.45) is 0 Å². The minimum Gasteiger partial charge on any atom is -0.388 e. The normalized spacial score (nSPS) is 17.3. The Labute approximate surface area is 95.7 Å². The van der Waals surface area contributed by atoms with E-state index in [4.69, 9.17) is 5.26 Å². The van der Waals surface area contributed by atoms with Crippen LogP contribution in [-0.2, 0) is 0 Å². The van der Waals surface area contributed by atoms with Crippen molar-refractivity contribution in [2.75, 3.05) is 11.9 Å². The predicted molar refractivity (Wildman–Crippen MR) is 63.2 cm³/mol. The SMILES string of the molecule is Cc1cc(NCC2(O)CCC2)ccc1C#N. The summed E-state index contributed by atoms with van der Waals surface area (Å²) in [4.78, 5) is 0. The minimum absolute atomic E-state index is 0.512. The summed E-state index contributed by atoms with van der Waals surface area (Å²) in [6.45, 7) is 2.51. The van der Waals surface area contributed by atoms with E-state index in [1.165, 1.54) is 0 Å². The van der Waals surface area contributed by atoms with Crippen molar-refractivity contribution in [2.45, 2.75) is 31.8 Å². The Bertz CT molecular complexity index is 430. The second kappa shape index (κ2) is 4.15. The zero-order valence-corrected chi connectivity index (χ0v) is 9.45. The lowest BCUT2D eigenvalue weighted by Crippen LogP contribution is -2.43. The summed E-state index contributed by atoms with van der Waals surface area (Å²) in [5, 5.41) is 22.0. The molecule has 3 heteroatoms. The van der Waals surface area contributed by atoms with Gasteiger partial charge in [-0.3, -0.25) is 0 Å². The van der Waals surface area contributed by atoms with Crippen molar-refractivity contribution in [1.29, 1.82) is 5.26 Å². The Morgan fingerprint density at radius 3 is 2.75 bits per heavy atom. The third-order valence-electron chi connectivity index (χ3n) is 3.25. The van der Waals surface area contributed by atoms with Gasteiger partial charge in [-0.2, -0.15) is 5.26 Å². The lowest BCUT2D eigenvalue weighted by Gasteiger charge is -2.36. The molecular formula is C13H16N2O. The van der Waals surface area contributed by atoms with Gasteiger partial charge < -0.3 is 10.4 Å². The van der Waals surface area contributed by atoms with E-state index >= 15 is 0 Å². The van der Waals surface area contributed by atoms with Crippen molar-refractivity contribution in [1.82, 2.24) is 0 Å². The molecule has 1 aliphatic rings. The van der Waals surface area contributed by atoms with Crippen LogP contribution in [0.1, 0.15) is 30.4 Å². The number of hydrogen-bond donors (Lipinski definition) is 2. The van der Waals surface area contributed by atoms with Gasteiger partial charge >= 0.3 is 0 Å². The minimum atomic E-state index is -0.512. The van der Waals surface area contributed by atoms with Crippen molar-refractivity contribution in [3.63, 3.8) is 0 Å². The molecule has 1 aromatic carbocycles. The zero-order chi connectivity index (χ0) is 11.6. The number of hydrogen-bond acceptors (Lipinski definition) is 3. The maximum Gasteiger partial charge on any atom is 0.0994 e. The monoisotopic (exact) mass is 216 g/mol. The van der Waals surface area contributed by atoms with Gasteiger partial charge in [0.1, 0.15) is 0 Å². The first-order valence-electron chi connectivity index (χ1n) is 5.60. The highest BCUT2D eigenvalue weighted by molar-refractivity contribution is 5.51. The molecule has 0 spiro atoms. The van der Waals surface area contributed by atoms with Crippen molar-refractivity contribution in [3.05, 3.63) is 29.3 Å². The first kappa shape index (κ1) is 11.0. The number of nitrogens with one attached hydrogen (secondary N) is 1. The Morgan fingerprint density at radius 1 is 1.50 bits per heavy atom. The molecule has 0 saturated heterocycles. The van der Waals surface area contributed by atoms with Gasteiger partial charge in [0.05, 0.1) is 17.2 Å². The van der Waals surface area contributed by atoms with Crippen LogP contribution >= 0.6 is 0 Å². The summed E-state index contributed by atoms with van der Waals surface area (Å²) in [7, 11) is 0. The molecule has 0 bridgehead atoms. The number of rotatable bonds is 3. The van der Waals surface area contributed by atoms with Gasteiger partial charge in [-0.05, 0) is 49.9 Å². The van der Waals surface area contributed by atoms with Crippen LogP contribution in [-0.4, -0.2) is 17.3 Å². The van der Waals surface area contributed by atoms with Gasteiger partial charge in [0.25, 0.3) is 0 Å². The molecule has 0 radical (unpaired) electrons. The van der Waals surface area contributed by atoms with E-state index in [1.54, 1.807) is 0 Å². The molecule has 1 aliphatic carbocycles. The van der Waals surface area contributed by atoms with Gasteiger partial charge in [0.2, 0.25) is 0 Å². The average molecular weight is 216 g/mol. The van der Waals surface area contributed by atoms with E-state index < -0.39 is 5.60 Å². The van der Waals surface area contributed by atoms with Gasteiger partial charge in [0.15, 0.2) is 0 Å². The maximum atomic E-state index is 9.93. The fraction of sp³-hybridized carbons (Fsp3) is 0.462. The summed E-state index contributed by atoms with van der Waals surface area (Å²) in [5.74, 6) is 0. The summed E-state index contributed by atoms with van der Waals surface area (Å²) in [5.41, 5.74) is 2.12. The molecule has 0 aromatic heterocycles. The van der Waals surface area contributed by atoms with Crippen molar-refractivity contribution in [3.8, 4) is 6.07 Å². The van der Waals surface area contributed by atoms with Crippen LogP contribution in [0.25, 0.3) is 0 Å². The second-order valence-corrected chi connectivity index (χ2v) is 4.57. The average Bonchev–Trinajstić information content (AvgIpc) is 2.24. The van der Waals surface area contributed by atoms with E-state index in [9.17, 15) is 5.11 Å². The summed E-state index contributed by atoms with van der Waals surface area (Å²) in [6, 6.07) is 7.78. The second-order valence-electron chi connectivity index (χ2n) is 4.57. The van der Waals surface area contributed by atoms with Crippen LogP contribution in [0, 0.1) is 18.3 Å². The smallest absolute Gasteiger partial charge is 0.0994 e. The Morgan fingerprint density at radius 2 is 2.25 bits per heavy atom. The molecule has 2 rings (SSSR count). The molecule has 1 aromatic rings.